The van der Waals surface area contributed by atoms with E-state index in [1.54, 1.807) is 26.4 Å². The van der Waals surface area contributed by atoms with Crippen molar-refractivity contribution in [2.45, 2.75) is 32.1 Å². The van der Waals surface area contributed by atoms with E-state index in [4.69, 9.17) is 14.2 Å². The average molecular weight is 481 g/mol. The Morgan fingerprint density at radius 2 is 1.69 bits per heavy atom. The average Bonchev–Trinajstić information content (AvgIpc) is 2.90. The van der Waals surface area contributed by atoms with Crippen LogP contribution in [0.3, 0.4) is 0 Å². The van der Waals surface area contributed by atoms with Gasteiger partial charge in [-0.15, -0.1) is 0 Å². The van der Waals surface area contributed by atoms with Crippen LogP contribution in [0.15, 0.2) is 48.5 Å². The van der Waals surface area contributed by atoms with Crippen LogP contribution in [-0.4, -0.2) is 75.2 Å². The van der Waals surface area contributed by atoms with Gasteiger partial charge in [-0.1, -0.05) is 30.7 Å². The van der Waals surface area contributed by atoms with E-state index in [9.17, 15) is 9.59 Å². The fraction of sp³-hybridized carbons (Fsp3) is 0.500. The molecule has 0 spiro atoms. The lowest BCUT2D eigenvalue weighted by Gasteiger charge is -2.41. The fourth-order valence-electron chi connectivity index (χ4n) is 5.27. The first kappa shape index (κ1) is 25.0. The standard InChI is InChI=1S/C28H36N2O5/c1-33-21-28-13-7-8-16-29(26(31)22-9-3-5-11-24(22)34-2)19-20-35-25-12-6-4-10-23(25)27(32)30(17-14-28)18-15-28/h3-6,9-12H,7-8,13-21H2,1-2H3. The van der Waals surface area contributed by atoms with Crippen molar-refractivity contribution >= 4 is 11.8 Å². The molecule has 0 atom stereocenters. The number of rotatable bonds is 4. The van der Waals surface area contributed by atoms with Crippen molar-refractivity contribution in [2.24, 2.45) is 5.41 Å². The number of nitrogens with zero attached hydrogens (tertiary/aromatic N) is 2. The van der Waals surface area contributed by atoms with Crippen LogP contribution in [-0.2, 0) is 4.74 Å². The van der Waals surface area contributed by atoms with Gasteiger partial charge in [0.25, 0.3) is 11.8 Å². The molecule has 0 N–H and O–H groups in total. The van der Waals surface area contributed by atoms with Gasteiger partial charge >= 0.3 is 0 Å². The van der Waals surface area contributed by atoms with Crippen LogP contribution in [0.4, 0.5) is 0 Å². The monoisotopic (exact) mass is 480 g/mol. The number of carbonyl (C=O) groups excluding carboxylic acids is 2. The highest BCUT2D eigenvalue weighted by Crippen LogP contribution is 2.38. The molecule has 1 saturated heterocycles. The van der Waals surface area contributed by atoms with E-state index in [-0.39, 0.29) is 17.2 Å². The lowest BCUT2D eigenvalue weighted by Crippen LogP contribution is -2.45. The quantitative estimate of drug-likeness (QED) is 0.654. The van der Waals surface area contributed by atoms with Gasteiger partial charge in [-0.2, -0.15) is 0 Å². The summed E-state index contributed by atoms with van der Waals surface area (Å²) in [5, 5.41) is 0. The van der Waals surface area contributed by atoms with Gasteiger partial charge in [0.2, 0.25) is 0 Å². The van der Waals surface area contributed by atoms with Gasteiger partial charge in [0, 0.05) is 26.7 Å². The molecule has 3 heterocycles. The lowest BCUT2D eigenvalue weighted by atomic mass is 9.75. The summed E-state index contributed by atoms with van der Waals surface area (Å²) in [7, 11) is 3.33. The molecule has 2 aromatic rings. The van der Waals surface area contributed by atoms with E-state index in [0.29, 0.717) is 48.9 Å². The summed E-state index contributed by atoms with van der Waals surface area (Å²) in [5.74, 6) is 1.06. The Morgan fingerprint density at radius 3 is 2.46 bits per heavy atom. The third-order valence-electron chi connectivity index (χ3n) is 7.31. The Balaban J connectivity index is 1.59. The first-order valence-electron chi connectivity index (χ1n) is 12.5. The van der Waals surface area contributed by atoms with E-state index in [0.717, 1.165) is 45.2 Å². The van der Waals surface area contributed by atoms with Crippen LogP contribution in [0.5, 0.6) is 11.5 Å². The molecule has 0 aromatic heterocycles. The minimum absolute atomic E-state index is 0.00319. The van der Waals surface area contributed by atoms with Crippen LogP contribution in [0.1, 0.15) is 52.8 Å². The first-order valence-corrected chi connectivity index (χ1v) is 12.5. The molecule has 2 bridgehead atoms. The zero-order valence-corrected chi connectivity index (χ0v) is 20.8. The summed E-state index contributed by atoms with van der Waals surface area (Å²) >= 11 is 0. The summed E-state index contributed by atoms with van der Waals surface area (Å²) < 4.78 is 17.1. The van der Waals surface area contributed by atoms with E-state index in [1.165, 1.54) is 0 Å². The van der Waals surface area contributed by atoms with Gasteiger partial charge in [-0.25, -0.2) is 0 Å². The SMILES string of the molecule is COCC12CCCCN(C(=O)c3ccccc3OC)CCOc3ccccc3C(=O)N(CC1)CC2. The van der Waals surface area contributed by atoms with Gasteiger partial charge in [-0.05, 0) is 55.4 Å². The van der Waals surface area contributed by atoms with Crippen molar-refractivity contribution in [1.29, 1.82) is 0 Å². The minimum atomic E-state index is -0.0709. The van der Waals surface area contributed by atoms with Gasteiger partial charge in [0.15, 0.2) is 0 Å². The molecule has 0 unspecified atom stereocenters. The van der Waals surface area contributed by atoms with Gasteiger partial charge in [-0.3, -0.25) is 9.59 Å². The molecule has 0 radical (unpaired) electrons. The maximum absolute atomic E-state index is 13.5. The molecule has 35 heavy (non-hydrogen) atoms. The number of ether oxygens (including phenoxy) is 3. The normalized spacial score (nSPS) is 18.7. The number of amides is 2. The van der Waals surface area contributed by atoms with E-state index < -0.39 is 0 Å². The highest BCUT2D eigenvalue weighted by Gasteiger charge is 2.36. The number of para-hydroxylation sites is 2. The Labute approximate surface area is 207 Å². The predicted octanol–water partition coefficient (Wildman–Crippen LogP) is 4.27. The molecule has 7 nitrogen and oxygen atoms in total. The van der Waals surface area contributed by atoms with Gasteiger partial charge < -0.3 is 24.0 Å². The molecule has 3 aliphatic rings. The largest absolute Gasteiger partial charge is 0.496 e. The molecule has 3 aliphatic heterocycles. The Bertz CT molecular complexity index is 1020. The summed E-state index contributed by atoms with van der Waals surface area (Å²) in [6, 6.07) is 14.7. The molecular weight excluding hydrogens is 444 g/mol. The molecule has 0 saturated carbocycles. The molecule has 0 aliphatic carbocycles. The van der Waals surface area contributed by atoms with Crippen molar-refractivity contribution < 1.29 is 23.8 Å². The Kier molecular flexibility index (Phi) is 8.29. The second-order valence-electron chi connectivity index (χ2n) is 9.52. The zero-order chi connectivity index (χ0) is 24.7. The topological polar surface area (TPSA) is 68.3 Å². The van der Waals surface area contributed by atoms with Crippen molar-refractivity contribution in [2.75, 3.05) is 53.6 Å². The molecule has 1 fully saturated rings. The number of carbonyl (C=O) groups is 2. The van der Waals surface area contributed by atoms with Crippen LogP contribution in [0.2, 0.25) is 0 Å². The number of hydrogen-bond donors (Lipinski definition) is 0. The number of piperidine rings is 1. The van der Waals surface area contributed by atoms with Crippen LogP contribution in [0, 0.1) is 5.41 Å². The summed E-state index contributed by atoms with van der Waals surface area (Å²) in [5.41, 5.74) is 1.19. The molecular formula is C28H36N2O5. The van der Waals surface area contributed by atoms with Crippen molar-refractivity contribution in [3.63, 3.8) is 0 Å². The predicted molar refractivity (Wildman–Crippen MR) is 134 cm³/mol. The minimum Gasteiger partial charge on any atom is -0.496 e. The number of benzene rings is 2. The van der Waals surface area contributed by atoms with E-state index >= 15 is 0 Å². The fourth-order valence-corrected chi connectivity index (χ4v) is 5.27. The van der Waals surface area contributed by atoms with Crippen LogP contribution < -0.4 is 9.47 Å². The number of methoxy groups -OCH3 is 2. The first-order chi connectivity index (χ1) is 17.1. The van der Waals surface area contributed by atoms with Crippen molar-refractivity contribution in [3.8, 4) is 11.5 Å². The van der Waals surface area contributed by atoms with Crippen molar-refractivity contribution in [1.82, 2.24) is 9.80 Å². The van der Waals surface area contributed by atoms with E-state index in [2.05, 4.69) is 0 Å². The Morgan fingerprint density at radius 1 is 0.943 bits per heavy atom. The summed E-state index contributed by atoms with van der Waals surface area (Å²) in [6.07, 6.45) is 4.74. The zero-order valence-electron chi connectivity index (χ0n) is 20.8. The lowest BCUT2D eigenvalue weighted by molar-refractivity contribution is 0.0136. The molecule has 7 heteroatoms. The van der Waals surface area contributed by atoms with Crippen LogP contribution in [0.25, 0.3) is 0 Å². The molecule has 5 rings (SSSR count). The molecule has 2 amide bonds. The molecule has 2 aromatic carbocycles. The second-order valence-corrected chi connectivity index (χ2v) is 9.52. The van der Waals surface area contributed by atoms with Gasteiger partial charge in [0.05, 0.1) is 31.4 Å². The maximum atomic E-state index is 13.5. The third kappa shape index (κ3) is 5.78. The van der Waals surface area contributed by atoms with Crippen LogP contribution >= 0.6 is 0 Å². The van der Waals surface area contributed by atoms with Crippen molar-refractivity contribution in [3.05, 3.63) is 59.7 Å². The smallest absolute Gasteiger partial charge is 0.257 e. The summed E-state index contributed by atoms with van der Waals surface area (Å²) in [6.45, 7) is 3.49. The highest BCUT2D eigenvalue weighted by molar-refractivity contribution is 5.97. The second kappa shape index (κ2) is 11.6. The Hall–Kier alpha value is -3.06. The van der Waals surface area contributed by atoms with Gasteiger partial charge in [0.1, 0.15) is 18.1 Å². The molecule has 188 valence electrons. The summed E-state index contributed by atoms with van der Waals surface area (Å²) in [4.78, 5) is 30.6. The highest BCUT2D eigenvalue weighted by atomic mass is 16.5. The number of hydrogen-bond acceptors (Lipinski definition) is 5. The number of fused-ring (bicyclic) bond motifs is 9. The van der Waals surface area contributed by atoms with E-state index in [1.807, 2.05) is 46.2 Å². The maximum Gasteiger partial charge on any atom is 0.257 e. The third-order valence-corrected chi connectivity index (χ3v) is 7.31.